The van der Waals surface area contributed by atoms with E-state index in [9.17, 15) is 4.79 Å². The molecule has 0 heterocycles. The van der Waals surface area contributed by atoms with Crippen LogP contribution in [0.4, 0.5) is 0 Å². The van der Waals surface area contributed by atoms with E-state index in [-0.39, 0.29) is 5.92 Å². The van der Waals surface area contributed by atoms with Gasteiger partial charge in [-0.15, -0.1) is 0 Å². The minimum atomic E-state index is -0.722. The quantitative estimate of drug-likeness (QED) is 0.416. The van der Waals surface area contributed by atoms with Crippen molar-refractivity contribution >= 4 is 5.97 Å². The molecule has 1 N–H and O–H groups in total. The Hall–Kier alpha value is -0.790. The molecular formula is C15H28O2. The van der Waals surface area contributed by atoms with E-state index in [2.05, 4.69) is 13.5 Å². The van der Waals surface area contributed by atoms with Gasteiger partial charge in [-0.3, -0.25) is 4.79 Å². The zero-order chi connectivity index (χ0) is 13.1. The monoisotopic (exact) mass is 240 g/mol. The summed E-state index contributed by atoms with van der Waals surface area (Å²) in [6.07, 6.45) is 10.8. The summed E-state index contributed by atoms with van der Waals surface area (Å²) < 4.78 is 0. The Labute approximate surface area is 106 Å². The SMILES string of the molecule is C=C(C)C(CCCCCCCCCC)C(=O)O. The highest BCUT2D eigenvalue weighted by molar-refractivity contribution is 5.73. The van der Waals surface area contributed by atoms with Crippen molar-refractivity contribution in [2.75, 3.05) is 0 Å². The van der Waals surface area contributed by atoms with Crippen molar-refractivity contribution in [1.82, 2.24) is 0 Å². The topological polar surface area (TPSA) is 37.3 Å². The number of carboxylic acids is 1. The van der Waals surface area contributed by atoms with Crippen LogP contribution >= 0.6 is 0 Å². The molecule has 0 radical (unpaired) electrons. The molecule has 0 aliphatic rings. The Balaban J connectivity index is 3.43. The fourth-order valence-electron chi connectivity index (χ4n) is 2.06. The molecule has 2 heteroatoms. The van der Waals surface area contributed by atoms with Gasteiger partial charge in [0.15, 0.2) is 0 Å². The van der Waals surface area contributed by atoms with E-state index in [1.165, 1.54) is 38.5 Å². The summed E-state index contributed by atoms with van der Waals surface area (Å²) in [5, 5.41) is 8.98. The summed E-state index contributed by atoms with van der Waals surface area (Å²) in [6, 6.07) is 0. The molecule has 100 valence electrons. The van der Waals surface area contributed by atoms with Gasteiger partial charge in [-0.1, -0.05) is 70.4 Å². The summed E-state index contributed by atoms with van der Waals surface area (Å²) in [5.74, 6) is -1.06. The molecule has 0 fully saturated rings. The highest BCUT2D eigenvalue weighted by Crippen LogP contribution is 2.18. The predicted octanol–water partition coefficient (Wildman–Crippen LogP) is 4.79. The first-order valence-corrected chi connectivity index (χ1v) is 6.97. The van der Waals surface area contributed by atoms with Crippen molar-refractivity contribution in [3.63, 3.8) is 0 Å². The summed E-state index contributed by atoms with van der Waals surface area (Å²) in [7, 11) is 0. The highest BCUT2D eigenvalue weighted by Gasteiger charge is 2.16. The zero-order valence-electron chi connectivity index (χ0n) is 11.5. The molecule has 0 aromatic rings. The van der Waals surface area contributed by atoms with Gasteiger partial charge in [0.05, 0.1) is 5.92 Å². The molecule has 0 aliphatic heterocycles. The van der Waals surface area contributed by atoms with Gasteiger partial charge in [0.25, 0.3) is 0 Å². The first-order chi connectivity index (χ1) is 8.09. The second-order valence-corrected chi connectivity index (χ2v) is 5.00. The van der Waals surface area contributed by atoms with Crippen molar-refractivity contribution in [3.8, 4) is 0 Å². The lowest BCUT2D eigenvalue weighted by Gasteiger charge is -2.11. The second kappa shape index (κ2) is 10.4. The maximum absolute atomic E-state index is 10.9. The van der Waals surface area contributed by atoms with Crippen LogP contribution in [0.1, 0.15) is 71.6 Å². The lowest BCUT2D eigenvalue weighted by molar-refractivity contribution is -0.140. The standard InChI is InChI=1S/C15H28O2/c1-4-5-6-7-8-9-10-11-12-14(13(2)3)15(16)17/h14H,2,4-12H2,1,3H3,(H,16,17). The Kier molecular flexibility index (Phi) is 9.89. The molecule has 1 unspecified atom stereocenters. The number of carboxylic acid groups (broad SMARTS) is 1. The molecule has 0 amide bonds. The lowest BCUT2D eigenvalue weighted by atomic mass is 9.95. The molecule has 1 atom stereocenters. The lowest BCUT2D eigenvalue weighted by Crippen LogP contribution is -2.14. The smallest absolute Gasteiger partial charge is 0.310 e. The van der Waals surface area contributed by atoms with Crippen LogP contribution in [0.25, 0.3) is 0 Å². The third kappa shape index (κ3) is 8.96. The summed E-state index contributed by atoms with van der Waals surface area (Å²) >= 11 is 0. The van der Waals surface area contributed by atoms with Crippen molar-refractivity contribution < 1.29 is 9.90 Å². The Morgan fingerprint density at radius 3 is 1.94 bits per heavy atom. The Morgan fingerprint density at radius 2 is 1.53 bits per heavy atom. The fourth-order valence-corrected chi connectivity index (χ4v) is 2.06. The van der Waals surface area contributed by atoms with Crippen LogP contribution in [-0.4, -0.2) is 11.1 Å². The summed E-state index contributed by atoms with van der Waals surface area (Å²) in [4.78, 5) is 10.9. The van der Waals surface area contributed by atoms with Crippen LogP contribution in [0, 0.1) is 5.92 Å². The molecule has 0 spiro atoms. The average Bonchev–Trinajstić information content (AvgIpc) is 2.26. The van der Waals surface area contributed by atoms with Gasteiger partial charge in [0.2, 0.25) is 0 Å². The molecule has 2 nitrogen and oxygen atoms in total. The second-order valence-electron chi connectivity index (χ2n) is 5.00. The predicted molar refractivity (Wildman–Crippen MR) is 73.2 cm³/mol. The summed E-state index contributed by atoms with van der Waals surface area (Å²) in [5.41, 5.74) is 0.778. The zero-order valence-corrected chi connectivity index (χ0v) is 11.5. The first kappa shape index (κ1) is 16.2. The average molecular weight is 240 g/mol. The van der Waals surface area contributed by atoms with Crippen LogP contribution in [0.5, 0.6) is 0 Å². The number of aliphatic carboxylic acids is 1. The number of hydrogen-bond acceptors (Lipinski definition) is 1. The number of carbonyl (C=O) groups is 1. The van der Waals surface area contributed by atoms with E-state index >= 15 is 0 Å². The van der Waals surface area contributed by atoms with Crippen molar-refractivity contribution in [3.05, 3.63) is 12.2 Å². The Morgan fingerprint density at radius 1 is 1.06 bits per heavy atom. The number of rotatable bonds is 11. The van der Waals surface area contributed by atoms with Gasteiger partial charge in [-0.25, -0.2) is 0 Å². The van der Waals surface area contributed by atoms with Gasteiger partial charge < -0.3 is 5.11 Å². The van der Waals surface area contributed by atoms with E-state index < -0.39 is 5.97 Å². The van der Waals surface area contributed by atoms with E-state index in [1.54, 1.807) is 0 Å². The number of hydrogen-bond donors (Lipinski definition) is 1. The van der Waals surface area contributed by atoms with Crippen LogP contribution in [0.2, 0.25) is 0 Å². The fraction of sp³-hybridized carbons (Fsp3) is 0.800. The van der Waals surface area contributed by atoms with Gasteiger partial charge in [-0.2, -0.15) is 0 Å². The van der Waals surface area contributed by atoms with Crippen LogP contribution in [-0.2, 0) is 4.79 Å². The van der Waals surface area contributed by atoms with Crippen molar-refractivity contribution in [1.29, 1.82) is 0 Å². The van der Waals surface area contributed by atoms with Gasteiger partial charge >= 0.3 is 5.97 Å². The van der Waals surface area contributed by atoms with Crippen molar-refractivity contribution in [2.45, 2.75) is 71.6 Å². The minimum absolute atomic E-state index is 0.338. The molecule has 0 aromatic heterocycles. The third-order valence-corrected chi connectivity index (χ3v) is 3.24. The van der Waals surface area contributed by atoms with E-state index in [0.29, 0.717) is 0 Å². The molecule has 0 saturated carbocycles. The van der Waals surface area contributed by atoms with Gasteiger partial charge in [0, 0.05) is 0 Å². The van der Waals surface area contributed by atoms with Gasteiger partial charge in [-0.05, 0) is 13.3 Å². The molecule has 17 heavy (non-hydrogen) atoms. The molecule has 0 bridgehead atoms. The van der Waals surface area contributed by atoms with Crippen LogP contribution in [0.3, 0.4) is 0 Å². The molecule has 0 aromatic carbocycles. The van der Waals surface area contributed by atoms with E-state index in [1.807, 2.05) is 6.92 Å². The molecular weight excluding hydrogens is 212 g/mol. The number of unbranched alkanes of at least 4 members (excludes halogenated alkanes) is 7. The van der Waals surface area contributed by atoms with Gasteiger partial charge in [0.1, 0.15) is 0 Å². The minimum Gasteiger partial charge on any atom is -0.481 e. The van der Waals surface area contributed by atoms with E-state index in [4.69, 9.17) is 5.11 Å². The molecule has 0 saturated heterocycles. The normalized spacial score (nSPS) is 12.4. The highest BCUT2D eigenvalue weighted by atomic mass is 16.4. The maximum atomic E-state index is 10.9. The largest absolute Gasteiger partial charge is 0.481 e. The first-order valence-electron chi connectivity index (χ1n) is 6.97. The maximum Gasteiger partial charge on any atom is 0.310 e. The third-order valence-electron chi connectivity index (χ3n) is 3.24. The van der Waals surface area contributed by atoms with Crippen LogP contribution in [0.15, 0.2) is 12.2 Å². The van der Waals surface area contributed by atoms with Crippen LogP contribution < -0.4 is 0 Å². The molecule has 0 aliphatic carbocycles. The Bertz CT molecular complexity index is 207. The molecule has 0 rings (SSSR count). The summed E-state index contributed by atoms with van der Waals surface area (Å²) in [6.45, 7) is 7.78. The van der Waals surface area contributed by atoms with Crippen molar-refractivity contribution in [2.24, 2.45) is 5.92 Å². The van der Waals surface area contributed by atoms with E-state index in [0.717, 1.165) is 24.8 Å².